The highest BCUT2D eigenvalue weighted by Crippen LogP contribution is 2.24. The minimum atomic E-state index is 0.684. The Morgan fingerprint density at radius 1 is 0.952 bits per heavy atom. The van der Waals surface area contributed by atoms with Gasteiger partial charge in [-0.15, -0.1) is 0 Å². The quantitative estimate of drug-likeness (QED) is 0.868. The molecule has 0 amide bonds. The molecule has 1 saturated carbocycles. The van der Waals surface area contributed by atoms with E-state index in [1.54, 1.807) is 0 Å². The maximum absolute atomic E-state index is 4.36. The Labute approximate surface area is 128 Å². The van der Waals surface area contributed by atoms with Crippen LogP contribution in [0.15, 0.2) is 18.5 Å². The van der Waals surface area contributed by atoms with Crippen molar-refractivity contribution in [1.82, 2.24) is 15.3 Å². The number of rotatable bonds is 3. The van der Waals surface area contributed by atoms with E-state index < -0.39 is 0 Å². The van der Waals surface area contributed by atoms with Gasteiger partial charge in [0.2, 0.25) is 5.95 Å². The highest BCUT2D eigenvalue weighted by Gasteiger charge is 2.24. The lowest BCUT2D eigenvalue weighted by atomic mass is 10.0. The van der Waals surface area contributed by atoms with Crippen LogP contribution in [0.3, 0.4) is 0 Å². The lowest BCUT2D eigenvalue weighted by molar-refractivity contribution is 0.342. The second-order valence-corrected chi connectivity index (χ2v) is 6.79. The maximum Gasteiger partial charge on any atom is 0.225 e. The largest absolute Gasteiger partial charge is 0.341 e. The Morgan fingerprint density at radius 3 is 2.43 bits per heavy atom. The molecule has 1 aromatic rings. The van der Waals surface area contributed by atoms with E-state index in [1.165, 1.54) is 44.9 Å². The number of anilines is 1. The Hall–Kier alpha value is -1.16. The number of nitrogens with zero attached hydrogens (tertiary/aromatic N) is 3. The predicted molar refractivity (Wildman–Crippen MR) is 86.4 cm³/mol. The van der Waals surface area contributed by atoms with E-state index in [-0.39, 0.29) is 0 Å². The number of nitrogens with one attached hydrogen (secondary N) is 1. The average Bonchev–Trinajstić information content (AvgIpc) is 2.74. The van der Waals surface area contributed by atoms with E-state index in [9.17, 15) is 0 Å². The normalized spacial score (nSPS) is 28.3. The molecule has 1 N–H and O–H groups in total. The minimum absolute atomic E-state index is 0.684. The summed E-state index contributed by atoms with van der Waals surface area (Å²) in [6.45, 7) is 4.55. The molecule has 1 aromatic heterocycles. The van der Waals surface area contributed by atoms with E-state index >= 15 is 0 Å². The summed E-state index contributed by atoms with van der Waals surface area (Å²) in [6.07, 6.45) is 13.0. The fraction of sp³-hybridized carbons (Fsp3) is 0.765. The SMILES string of the molecule is CC1CCCC(NC2CCN(c3ncccn3)CC2)CC1. The van der Waals surface area contributed by atoms with Crippen LogP contribution in [0.1, 0.15) is 51.9 Å². The van der Waals surface area contributed by atoms with Gasteiger partial charge in [0.05, 0.1) is 0 Å². The molecule has 0 aromatic carbocycles. The number of piperidine rings is 1. The molecule has 2 aliphatic rings. The van der Waals surface area contributed by atoms with Crippen molar-refractivity contribution < 1.29 is 0 Å². The van der Waals surface area contributed by atoms with Gasteiger partial charge in [0.15, 0.2) is 0 Å². The molecule has 1 aliphatic heterocycles. The Bertz CT molecular complexity index is 414. The van der Waals surface area contributed by atoms with E-state index in [4.69, 9.17) is 0 Å². The molecule has 0 bridgehead atoms. The smallest absolute Gasteiger partial charge is 0.225 e. The second kappa shape index (κ2) is 7.21. The van der Waals surface area contributed by atoms with Crippen molar-refractivity contribution in [3.05, 3.63) is 18.5 Å². The molecule has 2 unspecified atom stereocenters. The Morgan fingerprint density at radius 2 is 1.67 bits per heavy atom. The van der Waals surface area contributed by atoms with Crippen LogP contribution in [0.5, 0.6) is 0 Å². The van der Waals surface area contributed by atoms with Crippen LogP contribution < -0.4 is 10.2 Å². The standard InChI is InChI=1S/C17H28N4/c1-14-4-2-5-15(7-6-14)20-16-8-12-21(13-9-16)17-18-10-3-11-19-17/h3,10-11,14-16,20H,2,4-9,12-13H2,1H3. The van der Waals surface area contributed by atoms with Crippen molar-refractivity contribution in [2.75, 3.05) is 18.0 Å². The molecule has 2 fully saturated rings. The van der Waals surface area contributed by atoms with E-state index in [2.05, 4.69) is 27.1 Å². The van der Waals surface area contributed by atoms with Crippen LogP contribution in [0.2, 0.25) is 0 Å². The van der Waals surface area contributed by atoms with E-state index in [0.29, 0.717) is 6.04 Å². The second-order valence-electron chi connectivity index (χ2n) is 6.79. The van der Waals surface area contributed by atoms with Crippen molar-refractivity contribution in [2.45, 2.75) is 64.0 Å². The van der Waals surface area contributed by atoms with Crippen LogP contribution in [-0.2, 0) is 0 Å². The maximum atomic E-state index is 4.36. The average molecular weight is 288 g/mol. The molecular weight excluding hydrogens is 260 g/mol. The van der Waals surface area contributed by atoms with Crippen LogP contribution in [0, 0.1) is 5.92 Å². The van der Waals surface area contributed by atoms with Crippen LogP contribution in [-0.4, -0.2) is 35.1 Å². The highest BCUT2D eigenvalue weighted by molar-refractivity contribution is 5.29. The van der Waals surface area contributed by atoms with Crippen LogP contribution in [0.4, 0.5) is 5.95 Å². The first-order valence-corrected chi connectivity index (χ1v) is 8.59. The molecular formula is C17H28N4. The predicted octanol–water partition coefficient (Wildman–Crippen LogP) is 3.00. The summed E-state index contributed by atoms with van der Waals surface area (Å²) < 4.78 is 0. The van der Waals surface area contributed by atoms with Crippen molar-refractivity contribution >= 4 is 5.95 Å². The van der Waals surface area contributed by atoms with E-state index in [0.717, 1.165) is 31.0 Å². The van der Waals surface area contributed by atoms with Crippen molar-refractivity contribution in [3.63, 3.8) is 0 Å². The van der Waals surface area contributed by atoms with Gasteiger partial charge in [-0.3, -0.25) is 0 Å². The van der Waals surface area contributed by atoms with Gasteiger partial charge in [0.1, 0.15) is 0 Å². The Balaban J connectivity index is 1.45. The molecule has 2 heterocycles. The summed E-state index contributed by atoms with van der Waals surface area (Å²) >= 11 is 0. The Kier molecular flexibility index (Phi) is 5.07. The lowest BCUT2D eigenvalue weighted by Crippen LogP contribution is -2.46. The first kappa shape index (κ1) is 14.8. The first-order chi connectivity index (χ1) is 10.3. The summed E-state index contributed by atoms with van der Waals surface area (Å²) in [4.78, 5) is 11.0. The summed E-state index contributed by atoms with van der Waals surface area (Å²) in [6, 6.07) is 3.31. The van der Waals surface area contributed by atoms with Gasteiger partial charge >= 0.3 is 0 Å². The molecule has 2 atom stereocenters. The zero-order valence-electron chi connectivity index (χ0n) is 13.2. The zero-order valence-corrected chi connectivity index (χ0v) is 13.2. The van der Waals surface area contributed by atoms with Crippen molar-refractivity contribution in [2.24, 2.45) is 5.92 Å². The van der Waals surface area contributed by atoms with Gasteiger partial charge in [-0.05, 0) is 44.1 Å². The minimum Gasteiger partial charge on any atom is -0.341 e. The zero-order chi connectivity index (χ0) is 14.5. The van der Waals surface area contributed by atoms with Gasteiger partial charge in [0, 0.05) is 37.6 Å². The van der Waals surface area contributed by atoms with Gasteiger partial charge in [-0.25, -0.2) is 9.97 Å². The third kappa shape index (κ3) is 4.16. The summed E-state index contributed by atoms with van der Waals surface area (Å²) in [5, 5.41) is 3.92. The topological polar surface area (TPSA) is 41.0 Å². The van der Waals surface area contributed by atoms with Gasteiger partial charge < -0.3 is 10.2 Å². The molecule has 21 heavy (non-hydrogen) atoms. The molecule has 1 aliphatic carbocycles. The van der Waals surface area contributed by atoms with Crippen molar-refractivity contribution in [1.29, 1.82) is 0 Å². The molecule has 3 rings (SSSR count). The van der Waals surface area contributed by atoms with Crippen molar-refractivity contribution in [3.8, 4) is 0 Å². The number of aromatic nitrogens is 2. The fourth-order valence-corrected chi connectivity index (χ4v) is 3.69. The van der Waals surface area contributed by atoms with Crippen LogP contribution in [0.25, 0.3) is 0 Å². The lowest BCUT2D eigenvalue weighted by Gasteiger charge is -2.34. The first-order valence-electron chi connectivity index (χ1n) is 8.59. The number of hydrogen-bond donors (Lipinski definition) is 1. The third-order valence-electron chi connectivity index (χ3n) is 5.06. The summed E-state index contributed by atoms with van der Waals surface area (Å²) in [5.41, 5.74) is 0. The van der Waals surface area contributed by atoms with Gasteiger partial charge in [0.25, 0.3) is 0 Å². The summed E-state index contributed by atoms with van der Waals surface area (Å²) in [5.74, 6) is 1.81. The molecule has 4 nitrogen and oxygen atoms in total. The van der Waals surface area contributed by atoms with E-state index in [1.807, 2.05) is 18.5 Å². The van der Waals surface area contributed by atoms with Gasteiger partial charge in [-0.2, -0.15) is 0 Å². The van der Waals surface area contributed by atoms with Crippen LogP contribution >= 0.6 is 0 Å². The summed E-state index contributed by atoms with van der Waals surface area (Å²) in [7, 11) is 0. The molecule has 4 heteroatoms. The van der Waals surface area contributed by atoms with Gasteiger partial charge in [-0.1, -0.05) is 19.8 Å². The molecule has 0 radical (unpaired) electrons. The highest BCUT2D eigenvalue weighted by atomic mass is 15.3. The molecule has 116 valence electrons. The fourth-order valence-electron chi connectivity index (χ4n) is 3.69. The number of hydrogen-bond acceptors (Lipinski definition) is 4. The monoisotopic (exact) mass is 288 g/mol. The molecule has 1 saturated heterocycles. The third-order valence-corrected chi connectivity index (χ3v) is 5.06. The molecule has 0 spiro atoms.